The van der Waals surface area contributed by atoms with Gasteiger partial charge in [-0.25, -0.2) is 0 Å². The zero-order valence-electron chi connectivity index (χ0n) is 11.4. The van der Waals surface area contributed by atoms with Crippen molar-refractivity contribution in [3.8, 4) is 5.75 Å². The summed E-state index contributed by atoms with van der Waals surface area (Å²) < 4.78 is 0. The molecule has 0 aromatic heterocycles. The van der Waals surface area contributed by atoms with Gasteiger partial charge in [0.15, 0.2) is 0 Å². The Morgan fingerprint density at radius 2 is 1.59 bits per heavy atom. The molecular weight excluding hydrogens is 288 g/mol. The maximum atomic E-state index is 11.0. The third-order valence-corrected chi connectivity index (χ3v) is 3.21. The molecule has 0 aliphatic carbocycles. The Balaban J connectivity index is 2.63. The third kappa shape index (κ3) is 2.93. The lowest BCUT2D eigenvalue weighted by Crippen LogP contribution is -2.01. The van der Waals surface area contributed by atoms with E-state index in [4.69, 9.17) is 0 Å². The Kier molecular flexibility index (Phi) is 4.17. The van der Waals surface area contributed by atoms with E-state index in [-0.39, 0.29) is 17.1 Å². The molecule has 0 radical (unpaired) electrons. The van der Waals surface area contributed by atoms with Crippen LogP contribution in [0.5, 0.6) is 5.75 Å². The van der Waals surface area contributed by atoms with E-state index in [1.807, 2.05) is 0 Å². The Morgan fingerprint density at radius 1 is 1.05 bits per heavy atom. The van der Waals surface area contributed by atoms with Crippen LogP contribution in [0.3, 0.4) is 0 Å². The maximum Gasteiger partial charge on any atom is 0.276 e. The van der Waals surface area contributed by atoms with Gasteiger partial charge in [0.1, 0.15) is 5.75 Å². The second-order valence-electron chi connectivity index (χ2n) is 4.57. The second-order valence-corrected chi connectivity index (χ2v) is 4.57. The number of benzene rings is 2. The number of rotatable bonds is 5. The number of non-ortho nitro benzene ring substituents is 2. The molecule has 0 heterocycles. The molecule has 0 saturated heterocycles. The minimum atomic E-state index is -0.693. The average Bonchev–Trinajstić information content (AvgIpc) is 2.49. The van der Waals surface area contributed by atoms with Crippen LogP contribution < -0.4 is 0 Å². The summed E-state index contributed by atoms with van der Waals surface area (Å²) >= 11 is 0. The first-order valence-electron chi connectivity index (χ1n) is 6.28. The summed E-state index contributed by atoms with van der Waals surface area (Å²) in [4.78, 5) is 20.5. The predicted molar refractivity (Wildman–Crippen MR) is 79.9 cm³/mol. The predicted octanol–water partition coefficient (Wildman–Crippen LogP) is 3.53. The zero-order valence-corrected chi connectivity index (χ0v) is 11.4. The van der Waals surface area contributed by atoms with Crippen molar-refractivity contribution in [1.29, 1.82) is 0 Å². The van der Waals surface area contributed by atoms with Crippen molar-refractivity contribution in [2.24, 2.45) is 0 Å². The van der Waals surface area contributed by atoms with Crippen LogP contribution in [-0.4, -0.2) is 15.0 Å². The summed E-state index contributed by atoms with van der Waals surface area (Å²) in [6.45, 7) is 3.65. The highest BCUT2D eigenvalue weighted by atomic mass is 16.6. The Hall–Kier alpha value is -3.22. The highest BCUT2D eigenvalue weighted by molar-refractivity contribution is 5.52. The maximum absolute atomic E-state index is 11.0. The van der Waals surface area contributed by atoms with Crippen LogP contribution in [0.25, 0.3) is 0 Å². The number of phenols is 1. The van der Waals surface area contributed by atoms with E-state index < -0.39 is 15.8 Å². The zero-order chi connectivity index (χ0) is 16.3. The number of hydrogen-bond donors (Lipinski definition) is 1. The van der Waals surface area contributed by atoms with E-state index in [0.717, 1.165) is 6.07 Å². The van der Waals surface area contributed by atoms with Gasteiger partial charge in [-0.15, -0.1) is 6.58 Å². The summed E-state index contributed by atoms with van der Waals surface area (Å²) in [5.74, 6) is -0.610. The van der Waals surface area contributed by atoms with Gasteiger partial charge in [-0.3, -0.25) is 20.2 Å². The van der Waals surface area contributed by atoms with Gasteiger partial charge >= 0.3 is 0 Å². The molecule has 22 heavy (non-hydrogen) atoms. The molecule has 112 valence electrons. The molecule has 2 aromatic rings. The number of nitro benzene ring substituents is 2. The fourth-order valence-electron chi connectivity index (χ4n) is 2.20. The number of para-hydroxylation sites is 1. The minimum absolute atomic E-state index is 0.0124. The largest absolute Gasteiger partial charge is 0.508 e. The van der Waals surface area contributed by atoms with Gasteiger partial charge < -0.3 is 5.11 Å². The van der Waals surface area contributed by atoms with Crippen molar-refractivity contribution >= 4 is 11.4 Å². The normalized spacial score (nSPS) is 11.6. The van der Waals surface area contributed by atoms with Crippen LogP contribution in [0.4, 0.5) is 11.4 Å². The number of aromatic hydroxyl groups is 1. The quantitative estimate of drug-likeness (QED) is 0.516. The van der Waals surface area contributed by atoms with Crippen LogP contribution in [0.2, 0.25) is 0 Å². The summed E-state index contributed by atoms with van der Waals surface area (Å²) in [6.07, 6.45) is 1.47. The summed E-state index contributed by atoms with van der Waals surface area (Å²) in [6, 6.07) is 9.81. The van der Waals surface area contributed by atoms with Crippen LogP contribution in [0, 0.1) is 20.2 Å². The van der Waals surface area contributed by atoms with Gasteiger partial charge in [0.05, 0.1) is 15.9 Å². The van der Waals surface area contributed by atoms with E-state index in [0.29, 0.717) is 11.1 Å². The molecule has 7 nitrogen and oxygen atoms in total. The van der Waals surface area contributed by atoms with Gasteiger partial charge in [-0.05, 0) is 11.6 Å². The Morgan fingerprint density at radius 3 is 2.05 bits per heavy atom. The van der Waals surface area contributed by atoms with Gasteiger partial charge in [-0.1, -0.05) is 24.3 Å². The fraction of sp³-hybridized carbons (Fsp3) is 0.0667. The molecule has 0 aliphatic rings. The molecule has 1 N–H and O–H groups in total. The topological polar surface area (TPSA) is 107 Å². The van der Waals surface area contributed by atoms with E-state index in [2.05, 4.69) is 6.58 Å². The van der Waals surface area contributed by atoms with Crippen LogP contribution in [0.15, 0.2) is 55.1 Å². The number of hydrogen-bond acceptors (Lipinski definition) is 5. The lowest BCUT2D eigenvalue weighted by molar-refractivity contribution is -0.394. The summed E-state index contributed by atoms with van der Waals surface area (Å²) in [7, 11) is 0. The SMILES string of the molecule is C=CC(c1cc([N+](=O)[O-])cc([N+](=O)[O-])c1)c1ccccc1O. The van der Waals surface area contributed by atoms with Crippen molar-refractivity contribution in [2.45, 2.75) is 5.92 Å². The number of allylic oxidation sites excluding steroid dienone is 1. The standard InChI is InChI=1S/C15H12N2O5/c1-2-13(14-5-3-4-6-15(14)18)10-7-11(16(19)20)9-12(8-10)17(21)22/h2-9,13,18H,1H2. The molecule has 1 unspecified atom stereocenters. The number of nitro groups is 2. The van der Waals surface area contributed by atoms with Gasteiger partial charge in [0.2, 0.25) is 0 Å². The van der Waals surface area contributed by atoms with Crippen molar-refractivity contribution in [3.63, 3.8) is 0 Å². The van der Waals surface area contributed by atoms with Crippen molar-refractivity contribution in [2.75, 3.05) is 0 Å². The molecule has 0 fully saturated rings. The smallest absolute Gasteiger partial charge is 0.276 e. The van der Waals surface area contributed by atoms with Crippen molar-refractivity contribution in [3.05, 3.63) is 86.5 Å². The highest BCUT2D eigenvalue weighted by Gasteiger charge is 2.22. The first kappa shape index (κ1) is 15.2. The molecular formula is C15H12N2O5. The lowest BCUT2D eigenvalue weighted by atomic mass is 9.90. The van der Waals surface area contributed by atoms with Crippen LogP contribution >= 0.6 is 0 Å². The summed E-state index contributed by atoms with van der Waals surface area (Å²) in [5, 5.41) is 31.8. The van der Waals surface area contributed by atoms with E-state index in [1.165, 1.54) is 24.3 Å². The third-order valence-electron chi connectivity index (χ3n) is 3.21. The average molecular weight is 300 g/mol. The molecule has 0 bridgehead atoms. The Bertz CT molecular complexity index is 725. The Labute approximate surface area is 125 Å². The molecule has 2 rings (SSSR count). The van der Waals surface area contributed by atoms with E-state index >= 15 is 0 Å². The first-order chi connectivity index (χ1) is 10.4. The second kappa shape index (κ2) is 6.04. The number of phenolic OH excluding ortho intramolecular Hbond substituents is 1. The first-order valence-corrected chi connectivity index (χ1v) is 6.28. The van der Waals surface area contributed by atoms with Crippen LogP contribution in [-0.2, 0) is 0 Å². The highest BCUT2D eigenvalue weighted by Crippen LogP contribution is 2.35. The molecule has 2 aromatic carbocycles. The fourth-order valence-corrected chi connectivity index (χ4v) is 2.20. The monoisotopic (exact) mass is 300 g/mol. The van der Waals surface area contributed by atoms with Gasteiger partial charge in [-0.2, -0.15) is 0 Å². The minimum Gasteiger partial charge on any atom is -0.508 e. The molecule has 7 heteroatoms. The molecule has 0 spiro atoms. The van der Waals surface area contributed by atoms with Crippen LogP contribution in [0.1, 0.15) is 17.0 Å². The molecule has 0 aliphatic heterocycles. The van der Waals surface area contributed by atoms with E-state index in [1.54, 1.807) is 18.2 Å². The van der Waals surface area contributed by atoms with Crippen molar-refractivity contribution < 1.29 is 15.0 Å². The molecule has 1 atom stereocenters. The molecule has 0 saturated carbocycles. The van der Waals surface area contributed by atoms with Crippen molar-refractivity contribution in [1.82, 2.24) is 0 Å². The van der Waals surface area contributed by atoms with Gasteiger partial charge in [0, 0.05) is 23.6 Å². The van der Waals surface area contributed by atoms with Gasteiger partial charge in [0.25, 0.3) is 11.4 Å². The van der Waals surface area contributed by atoms with E-state index in [9.17, 15) is 25.3 Å². The number of nitrogens with zero attached hydrogens (tertiary/aromatic N) is 2. The lowest BCUT2D eigenvalue weighted by Gasteiger charge is -2.14. The molecule has 0 amide bonds. The summed E-state index contributed by atoms with van der Waals surface area (Å²) in [5.41, 5.74) is 0.0163.